The fourth-order valence-electron chi connectivity index (χ4n) is 1.62. The average molecular weight is 267 g/mol. The van der Waals surface area contributed by atoms with Crippen LogP contribution in [0.5, 0.6) is 0 Å². The summed E-state index contributed by atoms with van der Waals surface area (Å²) in [4.78, 5) is 1.35. The quantitative estimate of drug-likeness (QED) is 0.890. The SMILES string of the molecule is CCc1nnc(NC(c2cccs2)C(C)C)s1. The second kappa shape index (κ2) is 5.60. The van der Waals surface area contributed by atoms with Gasteiger partial charge in [0.15, 0.2) is 0 Å². The van der Waals surface area contributed by atoms with Crippen molar-refractivity contribution in [2.24, 2.45) is 5.92 Å². The lowest BCUT2D eigenvalue weighted by Crippen LogP contribution is -2.15. The summed E-state index contributed by atoms with van der Waals surface area (Å²) >= 11 is 3.43. The van der Waals surface area contributed by atoms with Crippen LogP contribution in [0.25, 0.3) is 0 Å². The third-order valence-corrected chi connectivity index (χ3v) is 4.52. The van der Waals surface area contributed by atoms with Gasteiger partial charge in [-0.3, -0.25) is 0 Å². The van der Waals surface area contributed by atoms with Crippen molar-refractivity contribution in [3.05, 3.63) is 27.4 Å². The van der Waals surface area contributed by atoms with Crippen molar-refractivity contribution in [3.8, 4) is 0 Å². The van der Waals surface area contributed by atoms with Crippen LogP contribution in [-0.4, -0.2) is 10.2 Å². The van der Waals surface area contributed by atoms with Gasteiger partial charge in [0.2, 0.25) is 5.13 Å². The number of aromatic nitrogens is 2. The van der Waals surface area contributed by atoms with Crippen molar-refractivity contribution in [1.29, 1.82) is 0 Å². The number of nitrogens with zero attached hydrogens (tertiary/aromatic N) is 2. The Bertz CT molecular complexity index is 448. The van der Waals surface area contributed by atoms with E-state index in [1.807, 2.05) is 0 Å². The number of hydrogen-bond acceptors (Lipinski definition) is 5. The Hall–Kier alpha value is -0.940. The maximum absolute atomic E-state index is 4.18. The summed E-state index contributed by atoms with van der Waals surface area (Å²) in [7, 11) is 0. The van der Waals surface area contributed by atoms with Gasteiger partial charge in [0.25, 0.3) is 0 Å². The molecule has 2 rings (SSSR count). The Labute approximate surface area is 110 Å². The molecule has 1 N–H and O–H groups in total. The van der Waals surface area contributed by atoms with Gasteiger partial charge in [-0.2, -0.15) is 0 Å². The number of anilines is 1. The van der Waals surface area contributed by atoms with Crippen LogP contribution in [-0.2, 0) is 6.42 Å². The fourth-order valence-corrected chi connectivity index (χ4v) is 3.29. The Balaban J connectivity index is 2.13. The van der Waals surface area contributed by atoms with Crippen LogP contribution in [0.1, 0.15) is 36.7 Å². The van der Waals surface area contributed by atoms with Crippen LogP contribution in [0.2, 0.25) is 0 Å². The van der Waals surface area contributed by atoms with Crippen LogP contribution in [0.4, 0.5) is 5.13 Å². The second-order valence-corrected chi connectivity index (χ2v) is 6.28. The van der Waals surface area contributed by atoms with E-state index in [1.54, 1.807) is 22.7 Å². The third-order valence-electron chi connectivity index (χ3n) is 2.56. The maximum atomic E-state index is 4.18. The Kier molecular flexibility index (Phi) is 4.12. The largest absolute Gasteiger partial charge is 0.352 e. The lowest BCUT2D eigenvalue weighted by Gasteiger charge is -2.20. The molecule has 0 radical (unpaired) electrons. The van der Waals surface area contributed by atoms with E-state index in [2.05, 4.69) is 53.8 Å². The molecule has 5 heteroatoms. The molecule has 0 aromatic carbocycles. The average Bonchev–Trinajstić information content (AvgIpc) is 2.96. The standard InChI is InChI=1S/C12H17N3S2/c1-4-10-14-15-12(17-10)13-11(8(2)3)9-6-5-7-16-9/h5-8,11H,4H2,1-3H3,(H,13,15). The molecule has 0 aliphatic rings. The molecule has 0 amide bonds. The van der Waals surface area contributed by atoms with Crippen molar-refractivity contribution in [2.75, 3.05) is 5.32 Å². The molecule has 1 atom stereocenters. The molecule has 92 valence electrons. The summed E-state index contributed by atoms with van der Waals surface area (Å²) in [6.45, 7) is 6.54. The van der Waals surface area contributed by atoms with Crippen molar-refractivity contribution in [3.63, 3.8) is 0 Å². The molecule has 0 saturated carbocycles. The smallest absolute Gasteiger partial charge is 0.206 e. The highest BCUT2D eigenvalue weighted by atomic mass is 32.1. The number of hydrogen-bond donors (Lipinski definition) is 1. The first-order chi connectivity index (χ1) is 8.20. The maximum Gasteiger partial charge on any atom is 0.206 e. The van der Waals surface area contributed by atoms with Crippen molar-refractivity contribution >= 4 is 27.8 Å². The van der Waals surface area contributed by atoms with E-state index in [9.17, 15) is 0 Å². The number of rotatable bonds is 5. The third kappa shape index (κ3) is 3.04. The van der Waals surface area contributed by atoms with Gasteiger partial charge in [-0.25, -0.2) is 0 Å². The van der Waals surface area contributed by atoms with Gasteiger partial charge in [-0.1, -0.05) is 38.2 Å². The number of thiophene rings is 1. The van der Waals surface area contributed by atoms with E-state index in [4.69, 9.17) is 0 Å². The minimum absolute atomic E-state index is 0.327. The fraction of sp³-hybridized carbons (Fsp3) is 0.500. The minimum Gasteiger partial charge on any atom is -0.352 e. The molecule has 3 nitrogen and oxygen atoms in total. The molecule has 0 bridgehead atoms. The van der Waals surface area contributed by atoms with Gasteiger partial charge in [0, 0.05) is 4.88 Å². The van der Waals surface area contributed by atoms with Gasteiger partial charge in [0.05, 0.1) is 6.04 Å². The van der Waals surface area contributed by atoms with Gasteiger partial charge < -0.3 is 5.32 Å². The molecule has 0 aliphatic carbocycles. The van der Waals surface area contributed by atoms with E-state index in [0.29, 0.717) is 12.0 Å². The van der Waals surface area contributed by atoms with Crippen LogP contribution in [0, 0.1) is 5.92 Å². The molecule has 0 aliphatic heterocycles. The van der Waals surface area contributed by atoms with Gasteiger partial charge in [-0.15, -0.1) is 21.5 Å². The Morgan fingerprint density at radius 3 is 2.71 bits per heavy atom. The first-order valence-electron chi connectivity index (χ1n) is 5.83. The summed E-state index contributed by atoms with van der Waals surface area (Å²) in [5.41, 5.74) is 0. The summed E-state index contributed by atoms with van der Waals surface area (Å²) in [6.07, 6.45) is 0.949. The zero-order valence-electron chi connectivity index (χ0n) is 10.3. The molecule has 0 saturated heterocycles. The summed E-state index contributed by atoms with van der Waals surface area (Å²) in [5.74, 6) is 0.530. The molecule has 0 fully saturated rings. The van der Waals surface area contributed by atoms with Gasteiger partial charge >= 0.3 is 0 Å². The number of aryl methyl sites for hydroxylation is 1. The van der Waals surface area contributed by atoms with Crippen LogP contribution in [0.3, 0.4) is 0 Å². The molecule has 2 heterocycles. The van der Waals surface area contributed by atoms with Gasteiger partial charge in [0.1, 0.15) is 5.01 Å². The topological polar surface area (TPSA) is 37.8 Å². The van der Waals surface area contributed by atoms with Crippen molar-refractivity contribution < 1.29 is 0 Å². The van der Waals surface area contributed by atoms with E-state index < -0.39 is 0 Å². The zero-order chi connectivity index (χ0) is 12.3. The molecule has 17 heavy (non-hydrogen) atoms. The molecule has 2 aromatic heterocycles. The van der Waals surface area contributed by atoms with Crippen LogP contribution < -0.4 is 5.32 Å². The second-order valence-electron chi connectivity index (χ2n) is 4.24. The van der Waals surface area contributed by atoms with Crippen molar-refractivity contribution in [2.45, 2.75) is 33.2 Å². The summed E-state index contributed by atoms with van der Waals surface area (Å²) < 4.78 is 0. The highest BCUT2D eigenvalue weighted by Gasteiger charge is 2.18. The van der Waals surface area contributed by atoms with Crippen molar-refractivity contribution in [1.82, 2.24) is 10.2 Å². The predicted octanol–water partition coefficient (Wildman–Crippen LogP) is 3.97. The molecular formula is C12H17N3S2. The first-order valence-corrected chi connectivity index (χ1v) is 7.52. The lowest BCUT2D eigenvalue weighted by molar-refractivity contribution is 0.553. The normalized spacial score (nSPS) is 12.9. The molecule has 1 unspecified atom stereocenters. The highest BCUT2D eigenvalue weighted by molar-refractivity contribution is 7.15. The summed E-state index contributed by atoms with van der Waals surface area (Å²) in [5, 5.41) is 15.9. The number of nitrogens with one attached hydrogen (secondary N) is 1. The van der Waals surface area contributed by atoms with E-state index in [0.717, 1.165) is 16.6 Å². The van der Waals surface area contributed by atoms with E-state index >= 15 is 0 Å². The van der Waals surface area contributed by atoms with E-state index in [1.165, 1.54) is 4.88 Å². The summed E-state index contributed by atoms with van der Waals surface area (Å²) in [6, 6.07) is 4.59. The van der Waals surface area contributed by atoms with E-state index in [-0.39, 0.29) is 0 Å². The lowest BCUT2D eigenvalue weighted by atomic mass is 10.0. The zero-order valence-corrected chi connectivity index (χ0v) is 11.9. The van der Waals surface area contributed by atoms with Gasteiger partial charge in [-0.05, 0) is 23.8 Å². The highest BCUT2D eigenvalue weighted by Crippen LogP contribution is 2.30. The minimum atomic E-state index is 0.327. The predicted molar refractivity (Wildman–Crippen MR) is 74.8 cm³/mol. The first kappa shape index (κ1) is 12.5. The monoisotopic (exact) mass is 267 g/mol. The van der Waals surface area contributed by atoms with Crippen LogP contribution in [0.15, 0.2) is 17.5 Å². The van der Waals surface area contributed by atoms with Crippen LogP contribution >= 0.6 is 22.7 Å². The molecule has 0 spiro atoms. The Morgan fingerprint density at radius 2 is 2.18 bits per heavy atom. The molecule has 2 aromatic rings. The Morgan fingerprint density at radius 1 is 1.35 bits per heavy atom. The molecular weight excluding hydrogens is 250 g/mol.